The maximum absolute atomic E-state index is 11.1. The van der Waals surface area contributed by atoms with Crippen LogP contribution in [-0.2, 0) is 12.0 Å². The van der Waals surface area contributed by atoms with Crippen LogP contribution in [0.3, 0.4) is 0 Å². The zero-order valence-corrected chi connectivity index (χ0v) is 19.0. The Balaban J connectivity index is 1.54. The van der Waals surface area contributed by atoms with Crippen LogP contribution in [0.15, 0.2) is 36.4 Å². The van der Waals surface area contributed by atoms with E-state index in [2.05, 4.69) is 56.8 Å². The third kappa shape index (κ3) is 3.99. The van der Waals surface area contributed by atoms with Gasteiger partial charge in [-0.25, -0.2) is 4.98 Å². The van der Waals surface area contributed by atoms with Crippen LogP contribution < -0.4 is 4.74 Å². The number of phenolic OH excluding ortho intramolecular Hbond substituents is 1. The Hall–Kier alpha value is -2.30. The molecule has 1 N–H and O–H groups in total. The van der Waals surface area contributed by atoms with Crippen LogP contribution in [0.5, 0.6) is 11.5 Å². The van der Waals surface area contributed by atoms with Gasteiger partial charge < -0.3 is 9.84 Å². The molecule has 1 aliphatic heterocycles. The van der Waals surface area contributed by atoms with Crippen LogP contribution in [0, 0.1) is 5.92 Å². The number of nitrogens with zero attached hydrogens (tertiary/aromatic N) is 3. The summed E-state index contributed by atoms with van der Waals surface area (Å²) in [6.07, 6.45) is 10.9. The van der Waals surface area contributed by atoms with E-state index >= 15 is 0 Å². The molecule has 0 saturated heterocycles. The van der Waals surface area contributed by atoms with E-state index < -0.39 is 0 Å². The molecule has 0 bridgehead atoms. The number of unbranched alkanes of at least 4 members (excludes halogenated alkanes) is 1. The lowest BCUT2D eigenvalue weighted by molar-refractivity contribution is 0.00741. The molecule has 162 valence electrons. The predicted octanol–water partition coefficient (Wildman–Crippen LogP) is 5.74. The zero-order valence-electron chi connectivity index (χ0n) is 19.0. The van der Waals surface area contributed by atoms with Crippen LogP contribution >= 0.6 is 0 Å². The number of phenols is 1. The van der Waals surface area contributed by atoms with Crippen LogP contribution in [0.2, 0.25) is 0 Å². The van der Waals surface area contributed by atoms with Crippen molar-refractivity contribution in [2.75, 3.05) is 0 Å². The Morgan fingerprint density at radius 2 is 2.07 bits per heavy atom. The number of allylic oxidation sites excluding steroid dienone is 2. The first kappa shape index (κ1) is 21.0. The molecule has 2 aliphatic rings. The minimum absolute atomic E-state index is 0.0401. The van der Waals surface area contributed by atoms with Gasteiger partial charge in [0.1, 0.15) is 29.8 Å². The summed E-state index contributed by atoms with van der Waals surface area (Å²) in [6.45, 7) is 12.0. The second-order valence-electron chi connectivity index (χ2n) is 10.3. The van der Waals surface area contributed by atoms with Crippen LogP contribution in [0.4, 0.5) is 0 Å². The smallest absolute Gasteiger partial charge is 0.137 e. The van der Waals surface area contributed by atoms with Crippen molar-refractivity contribution < 1.29 is 9.84 Å². The van der Waals surface area contributed by atoms with E-state index in [9.17, 15) is 5.11 Å². The molecule has 30 heavy (non-hydrogen) atoms. The zero-order chi connectivity index (χ0) is 21.5. The van der Waals surface area contributed by atoms with Crippen LogP contribution in [-0.4, -0.2) is 25.5 Å². The van der Waals surface area contributed by atoms with Gasteiger partial charge in [0.05, 0.1) is 0 Å². The Kier molecular flexibility index (Phi) is 5.41. The van der Waals surface area contributed by atoms with Crippen molar-refractivity contribution in [1.82, 2.24) is 14.8 Å². The van der Waals surface area contributed by atoms with Gasteiger partial charge in [-0.05, 0) is 69.6 Å². The molecule has 2 atom stereocenters. The molecular weight excluding hydrogens is 374 g/mol. The Morgan fingerprint density at radius 1 is 1.27 bits per heavy atom. The third-order valence-corrected chi connectivity index (χ3v) is 7.19. The van der Waals surface area contributed by atoms with E-state index in [1.807, 2.05) is 10.7 Å². The van der Waals surface area contributed by atoms with Crippen molar-refractivity contribution in [1.29, 1.82) is 0 Å². The van der Waals surface area contributed by atoms with Gasteiger partial charge in [-0.2, -0.15) is 5.10 Å². The molecule has 2 heterocycles. The summed E-state index contributed by atoms with van der Waals surface area (Å²) in [5.41, 5.74) is 3.30. The number of aromatic hydroxyl groups is 1. The number of fused-ring (bicyclic) bond motifs is 3. The highest BCUT2D eigenvalue weighted by Gasteiger charge is 2.46. The summed E-state index contributed by atoms with van der Waals surface area (Å²) in [5, 5.41) is 15.2. The number of rotatable bonds is 6. The summed E-state index contributed by atoms with van der Waals surface area (Å²) in [6, 6.07) is 4.18. The fourth-order valence-electron chi connectivity index (χ4n) is 5.29. The second kappa shape index (κ2) is 7.75. The second-order valence-corrected chi connectivity index (χ2v) is 10.3. The highest BCUT2D eigenvalue weighted by Crippen LogP contribution is 2.54. The van der Waals surface area contributed by atoms with Crippen molar-refractivity contribution in [2.45, 2.75) is 90.2 Å². The maximum Gasteiger partial charge on any atom is 0.137 e. The van der Waals surface area contributed by atoms with Crippen LogP contribution in [0.1, 0.15) is 83.8 Å². The first-order chi connectivity index (χ1) is 14.2. The van der Waals surface area contributed by atoms with Gasteiger partial charge in [0, 0.05) is 23.9 Å². The molecule has 1 aromatic carbocycles. The van der Waals surface area contributed by atoms with E-state index in [0.29, 0.717) is 17.6 Å². The predicted molar refractivity (Wildman–Crippen MR) is 119 cm³/mol. The van der Waals surface area contributed by atoms with E-state index in [-0.39, 0.29) is 11.0 Å². The third-order valence-electron chi connectivity index (χ3n) is 7.19. The fraction of sp³-hybridized carbons (Fsp3) is 0.600. The van der Waals surface area contributed by atoms with Gasteiger partial charge in [0.2, 0.25) is 0 Å². The average Bonchev–Trinajstić information content (AvgIpc) is 3.17. The monoisotopic (exact) mass is 409 g/mol. The van der Waals surface area contributed by atoms with Crippen LogP contribution in [0.25, 0.3) is 0 Å². The molecule has 0 fully saturated rings. The molecule has 0 unspecified atom stereocenters. The lowest BCUT2D eigenvalue weighted by Crippen LogP contribution is -2.45. The summed E-state index contributed by atoms with van der Waals surface area (Å²) < 4.78 is 8.39. The molecule has 0 saturated carbocycles. The molecular formula is C25H35N3O2. The number of hydrogen-bond donors (Lipinski definition) is 1. The molecule has 0 spiro atoms. The number of benzene rings is 1. The van der Waals surface area contributed by atoms with Crippen molar-refractivity contribution in [3.63, 3.8) is 0 Å². The highest BCUT2D eigenvalue weighted by molar-refractivity contribution is 5.54. The topological polar surface area (TPSA) is 60.2 Å². The van der Waals surface area contributed by atoms with E-state index in [1.165, 1.54) is 5.57 Å². The summed E-state index contributed by atoms with van der Waals surface area (Å²) >= 11 is 0. The van der Waals surface area contributed by atoms with Gasteiger partial charge in [0.25, 0.3) is 0 Å². The van der Waals surface area contributed by atoms with E-state index in [1.54, 1.807) is 12.7 Å². The SMILES string of the molecule is CC1=CC[C@@H]2[C@@H](C1)c1c(O)cc(C(C)(C)CCCCn3cncn3)cc1OC2(C)C. The Bertz CT molecular complexity index is 928. The largest absolute Gasteiger partial charge is 0.508 e. The maximum atomic E-state index is 11.1. The lowest BCUT2D eigenvalue weighted by atomic mass is 9.66. The van der Waals surface area contributed by atoms with E-state index in [4.69, 9.17) is 4.74 Å². The Morgan fingerprint density at radius 3 is 2.80 bits per heavy atom. The number of aryl methyl sites for hydroxylation is 1. The summed E-state index contributed by atoms with van der Waals surface area (Å²) in [7, 11) is 0. The number of hydrogen-bond acceptors (Lipinski definition) is 4. The van der Waals surface area contributed by atoms with Gasteiger partial charge in [-0.1, -0.05) is 31.9 Å². The number of aromatic nitrogens is 3. The van der Waals surface area contributed by atoms with Gasteiger partial charge >= 0.3 is 0 Å². The first-order valence-electron chi connectivity index (χ1n) is 11.2. The summed E-state index contributed by atoms with van der Waals surface area (Å²) in [5.74, 6) is 2.00. The van der Waals surface area contributed by atoms with E-state index in [0.717, 1.165) is 55.5 Å². The molecule has 0 amide bonds. The lowest BCUT2D eigenvalue weighted by Gasteiger charge is -2.47. The molecule has 2 aromatic rings. The number of ether oxygens (including phenoxy) is 1. The van der Waals surface area contributed by atoms with Gasteiger partial charge in [-0.3, -0.25) is 4.68 Å². The molecule has 0 radical (unpaired) electrons. The standard InChI is InChI=1S/C25H35N3O2/c1-17-8-9-20-19(12-17)23-21(29)13-18(14-22(23)30-25(20,4)5)24(2,3)10-6-7-11-28-16-26-15-27-28/h8,13-16,19-20,29H,6-7,9-12H2,1-5H3/t19-,20-/m1/s1. The van der Waals surface area contributed by atoms with Gasteiger partial charge in [-0.15, -0.1) is 0 Å². The quantitative estimate of drug-likeness (QED) is 0.488. The van der Waals surface area contributed by atoms with Crippen molar-refractivity contribution in [3.8, 4) is 11.5 Å². The van der Waals surface area contributed by atoms with Gasteiger partial charge in [0.15, 0.2) is 0 Å². The molecule has 1 aliphatic carbocycles. The highest BCUT2D eigenvalue weighted by atomic mass is 16.5. The van der Waals surface area contributed by atoms with Crippen molar-refractivity contribution in [3.05, 3.63) is 47.6 Å². The first-order valence-corrected chi connectivity index (χ1v) is 11.2. The van der Waals surface area contributed by atoms with Crippen molar-refractivity contribution >= 4 is 0 Å². The molecule has 4 rings (SSSR count). The minimum Gasteiger partial charge on any atom is -0.508 e. The molecule has 5 heteroatoms. The fourth-order valence-corrected chi connectivity index (χ4v) is 5.29. The Labute approximate surface area is 180 Å². The molecule has 5 nitrogen and oxygen atoms in total. The summed E-state index contributed by atoms with van der Waals surface area (Å²) in [4.78, 5) is 4.00. The average molecular weight is 410 g/mol. The van der Waals surface area contributed by atoms with Crippen molar-refractivity contribution in [2.24, 2.45) is 5.92 Å². The minimum atomic E-state index is -0.234. The molecule has 1 aromatic heterocycles. The normalized spacial score (nSPS) is 22.6.